The van der Waals surface area contributed by atoms with E-state index in [0.29, 0.717) is 5.95 Å². The standard InChI is InChI=1S/C17H16N4O3/c1-24-17(22)21-16-19-14-7-6-13(9-15(14)20-16)8-11-2-4-12(5-3-11)10-18-23/h2-7,9-10,23H,8H2,1H3,(H2,19,20,21,22)/b18-10+. The van der Waals surface area contributed by atoms with E-state index in [1.165, 1.54) is 13.3 Å². The summed E-state index contributed by atoms with van der Waals surface area (Å²) in [6.07, 6.45) is 1.57. The molecule has 0 aliphatic heterocycles. The number of benzene rings is 2. The SMILES string of the molecule is COC(=O)Nc1nc2ccc(Cc3ccc(/C=N/O)cc3)cc2[nH]1. The lowest BCUT2D eigenvalue weighted by atomic mass is 10.0. The molecule has 7 heteroatoms. The third kappa shape index (κ3) is 3.52. The number of anilines is 1. The van der Waals surface area contributed by atoms with E-state index in [4.69, 9.17) is 5.21 Å². The Labute approximate surface area is 138 Å². The molecule has 3 N–H and O–H groups in total. The Morgan fingerprint density at radius 1 is 1.29 bits per heavy atom. The van der Waals surface area contributed by atoms with Gasteiger partial charge in [-0.15, -0.1) is 0 Å². The van der Waals surface area contributed by atoms with Gasteiger partial charge in [0.15, 0.2) is 0 Å². The minimum Gasteiger partial charge on any atom is -0.453 e. The molecule has 0 bridgehead atoms. The molecule has 0 aliphatic rings. The number of aromatic nitrogens is 2. The normalized spacial score (nSPS) is 11.0. The summed E-state index contributed by atoms with van der Waals surface area (Å²) < 4.78 is 4.54. The Morgan fingerprint density at radius 2 is 2.04 bits per heavy atom. The Morgan fingerprint density at radius 3 is 2.75 bits per heavy atom. The summed E-state index contributed by atoms with van der Waals surface area (Å²) in [4.78, 5) is 18.5. The van der Waals surface area contributed by atoms with Crippen LogP contribution in [-0.4, -0.2) is 34.6 Å². The molecule has 1 amide bonds. The zero-order valence-electron chi connectivity index (χ0n) is 13.0. The molecule has 122 valence electrons. The van der Waals surface area contributed by atoms with Crippen LogP contribution < -0.4 is 5.32 Å². The molecule has 0 spiro atoms. The average Bonchev–Trinajstić information content (AvgIpc) is 2.98. The number of rotatable bonds is 4. The van der Waals surface area contributed by atoms with Crippen molar-refractivity contribution in [2.75, 3.05) is 12.4 Å². The number of nitrogens with one attached hydrogen (secondary N) is 2. The van der Waals surface area contributed by atoms with Crippen LogP contribution in [0.1, 0.15) is 16.7 Å². The van der Waals surface area contributed by atoms with E-state index < -0.39 is 6.09 Å². The number of fused-ring (bicyclic) bond motifs is 1. The highest BCUT2D eigenvalue weighted by molar-refractivity contribution is 5.86. The molecule has 0 unspecified atom stereocenters. The fourth-order valence-electron chi connectivity index (χ4n) is 2.40. The van der Waals surface area contributed by atoms with E-state index in [1.807, 2.05) is 42.5 Å². The molecule has 3 rings (SSSR count). The van der Waals surface area contributed by atoms with E-state index in [9.17, 15) is 4.79 Å². The highest BCUT2D eigenvalue weighted by Crippen LogP contribution is 2.18. The second-order valence-electron chi connectivity index (χ2n) is 5.22. The van der Waals surface area contributed by atoms with Gasteiger partial charge in [0.05, 0.1) is 24.4 Å². The molecule has 0 saturated carbocycles. The highest BCUT2D eigenvalue weighted by atomic mass is 16.5. The summed E-state index contributed by atoms with van der Waals surface area (Å²) in [5.74, 6) is 0.349. The zero-order chi connectivity index (χ0) is 16.9. The predicted octanol–water partition coefficient (Wildman–Crippen LogP) is 3.14. The van der Waals surface area contributed by atoms with Crippen LogP contribution in [0.5, 0.6) is 0 Å². The number of oxime groups is 1. The number of ether oxygens (including phenoxy) is 1. The van der Waals surface area contributed by atoms with E-state index in [-0.39, 0.29) is 0 Å². The molecule has 0 radical (unpaired) electrons. The first kappa shape index (κ1) is 15.5. The molecular formula is C17H16N4O3. The topological polar surface area (TPSA) is 99.6 Å². The van der Waals surface area contributed by atoms with Crippen molar-refractivity contribution in [3.05, 3.63) is 59.2 Å². The van der Waals surface area contributed by atoms with Gasteiger partial charge in [-0.3, -0.25) is 5.32 Å². The molecule has 0 atom stereocenters. The van der Waals surface area contributed by atoms with Crippen LogP contribution >= 0.6 is 0 Å². The summed E-state index contributed by atoms with van der Waals surface area (Å²) in [5, 5.41) is 14.0. The van der Waals surface area contributed by atoms with Crippen molar-refractivity contribution in [1.82, 2.24) is 9.97 Å². The summed E-state index contributed by atoms with van der Waals surface area (Å²) >= 11 is 0. The van der Waals surface area contributed by atoms with Crippen LogP contribution in [-0.2, 0) is 11.2 Å². The molecule has 1 heterocycles. The predicted molar refractivity (Wildman–Crippen MR) is 90.7 cm³/mol. The molecule has 24 heavy (non-hydrogen) atoms. The molecule has 1 aromatic heterocycles. The third-order valence-electron chi connectivity index (χ3n) is 3.55. The van der Waals surface area contributed by atoms with Crippen LogP contribution in [0.25, 0.3) is 11.0 Å². The second-order valence-corrected chi connectivity index (χ2v) is 5.22. The van der Waals surface area contributed by atoms with Gasteiger partial charge in [0.2, 0.25) is 5.95 Å². The Hall–Kier alpha value is -3.35. The molecule has 0 saturated heterocycles. The lowest BCUT2D eigenvalue weighted by Gasteiger charge is -2.02. The minimum absolute atomic E-state index is 0.349. The molecule has 3 aromatic rings. The number of nitrogens with zero attached hydrogens (tertiary/aromatic N) is 2. The maximum Gasteiger partial charge on any atom is 0.413 e. The summed E-state index contributed by atoms with van der Waals surface area (Å²) in [6.45, 7) is 0. The number of carbonyl (C=O) groups excluding carboxylic acids is 1. The summed E-state index contributed by atoms with van der Waals surface area (Å²) in [6, 6.07) is 13.6. The number of amides is 1. The first-order valence-electron chi connectivity index (χ1n) is 7.28. The maximum absolute atomic E-state index is 11.2. The number of carbonyl (C=O) groups is 1. The van der Waals surface area contributed by atoms with Crippen LogP contribution in [0.2, 0.25) is 0 Å². The molecular weight excluding hydrogens is 308 g/mol. The van der Waals surface area contributed by atoms with Gasteiger partial charge in [-0.1, -0.05) is 35.5 Å². The fraction of sp³-hybridized carbons (Fsp3) is 0.118. The van der Waals surface area contributed by atoms with Crippen molar-refractivity contribution in [1.29, 1.82) is 0 Å². The van der Waals surface area contributed by atoms with Gasteiger partial charge in [0.25, 0.3) is 0 Å². The third-order valence-corrected chi connectivity index (χ3v) is 3.55. The van der Waals surface area contributed by atoms with Gasteiger partial charge >= 0.3 is 6.09 Å². The lowest BCUT2D eigenvalue weighted by molar-refractivity contribution is 0.186. The molecule has 2 aromatic carbocycles. The van der Waals surface area contributed by atoms with Crippen molar-refractivity contribution in [2.24, 2.45) is 5.16 Å². The number of imidazole rings is 1. The van der Waals surface area contributed by atoms with Gasteiger partial charge in [-0.05, 0) is 35.2 Å². The first-order valence-corrected chi connectivity index (χ1v) is 7.28. The smallest absolute Gasteiger partial charge is 0.413 e. The quantitative estimate of drug-likeness (QED) is 0.390. The van der Waals surface area contributed by atoms with Gasteiger partial charge in [-0.2, -0.15) is 0 Å². The van der Waals surface area contributed by atoms with Crippen LogP contribution in [0, 0.1) is 0 Å². The van der Waals surface area contributed by atoms with Crippen molar-refractivity contribution in [3.63, 3.8) is 0 Å². The van der Waals surface area contributed by atoms with Gasteiger partial charge in [-0.25, -0.2) is 9.78 Å². The van der Waals surface area contributed by atoms with E-state index in [2.05, 4.69) is 25.2 Å². The molecule has 7 nitrogen and oxygen atoms in total. The zero-order valence-corrected chi connectivity index (χ0v) is 13.0. The number of hydrogen-bond donors (Lipinski definition) is 3. The van der Waals surface area contributed by atoms with Crippen LogP contribution in [0.4, 0.5) is 10.7 Å². The lowest BCUT2D eigenvalue weighted by Crippen LogP contribution is -2.11. The number of hydrogen-bond acceptors (Lipinski definition) is 5. The van der Waals surface area contributed by atoms with Crippen LogP contribution in [0.3, 0.4) is 0 Å². The highest BCUT2D eigenvalue weighted by Gasteiger charge is 2.07. The second kappa shape index (κ2) is 6.82. The monoisotopic (exact) mass is 324 g/mol. The van der Waals surface area contributed by atoms with Gasteiger partial charge in [0.1, 0.15) is 0 Å². The van der Waals surface area contributed by atoms with Crippen LogP contribution in [0.15, 0.2) is 47.6 Å². The number of methoxy groups -OCH3 is 1. The van der Waals surface area contributed by atoms with Crippen molar-refractivity contribution in [3.8, 4) is 0 Å². The largest absolute Gasteiger partial charge is 0.453 e. The Kier molecular flexibility index (Phi) is 4.42. The minimum atomic E-state index is -0.569. The Bertz CT molecular complexity index is 884. The van der Waals surface area contributed by atoms with E-state index in [1.54, 1.807) is 0 Å². The first-order chi connectivity index (χ1) is 11.7. The van der Waals surface area contributed by atoms with Crippen molar-refractivity contribution < 1.29 is 14.7 Å². The van der Waals surface area contributed by atoms with Crippen molar-refractivity contribution in [2.45, 2.75) is 6.42 Å². The molecule has 0 aliphatic carbocycles. The van der Waals surface area contributed by atoms with E-state index in [0.717, 1.165) is 34.1 Å². The van der Waals surface area contributed by atoms with Gasteiger partial charge < -0.3 is 14.9 Å². The molecule has 0 fully saturated rings. The number of aromatic amines is 1. The summed E-state index contributed by atoms with van der Waals surface area (Å²) in [7, 11) is 1.30. The average molecular weight is 324 g/mol. The number of H-pyrrole nitrogens is 1. The maximum atomic E-state index is 11.2. The van der Waals surface area contributed by atoms with Gasteiger partial charge in [0, 0.05) is 0 Å². The summed E-state index contributed by atoms with van der Waals surface area (Å²) in [5.41, 5.74) is 4.68. The van der Waals surface area contributed by atoms with E-state index >= 15 is 0 Å². The Balaban J connectivity index is 1.78. The van der Waals surface area contributed by atoms with Crippen molar-refractivity contribution >= 4 is 29.3 Å². The fourth-order valence-corrected chi connectivity index (χ4v) is 2.40.